The van der Waals surface area contributed by atoms with Gasteiger partial charge in [-0.3, -0.25) is 8.89 Å². The van der Waals surface area contributed by atoms with Crippen LogP contribution in [0, 0.1) is 0 Å². The van der Waals surface area contributed by atoms with E-state index in [0.29, 0.717) is 0 Å². The molecule has 0 fully saturated rings. The van der Waals surface area contributed by atoms with Crippen molar-refractivity contribution in [2.45, 2.75) is 45.0 Å². The van der Waals surface area contributed by atoms with Crippen molar-refractivity contribution in [2.24, 2.45) is 0 Å². The standard InChI is InChI=1S/C12H23N3OS/c1-4-7-15-10-12(9-14-15)8-13-6-5-11(2)17(3)16/h9-11,13H,4-8H2,1-3H3. The number of aryl methyl sites for hydroxylation is 1. The molecule has 0 radical (unpaired) electrons. The predicted molar refractivity (Wildman–Crippen MR) is 72.4 cm³/mol. The van der Waals surface area contributed by atoms with Crippen LogP contribution >= 0.6 is 0 Å². The summed E-state index contributed by atoms with van der Waals surface area (Å²) in [6, 6.07) is 0. The smallest absolute Gasteiger partial charge is 0.0534 e. The van der Waals surface area contributed by atoms with E-state index in [4.69, 9.17) is 0 Å². The minimum Gasteiger partial charge on any atom is -0.313 e. The van der Waals surface area contributed by atoms with Gasteiger partial charge in [-0.25, -0.2) is 0 Å². The maximum Gasteiger partial charge on any atom is 0.0534 e. The van der Waals surface area contributed by atoms with Crippen LogP contribution in [0.5, 0.6) is 0 Å². The molecule has 0 aliphatic carbocycles. The van der Waals surface area contributed by atoms with Crippen molar-refractivity contribution in [3.8, 4) is 0 Å². The lowest BCUT2D eigenvalue weighted by atomic mass is 10.3. The first-order chi connectivity index (χ1) is 8.13. The number of rotatable bonds is 8. The van der Waals surface area contributed by atoms with Gasteiger partial charge in [0.25, 0.3) is 0 Å². The second kappa shape index (κ2) is 7.61. The minimum atomic E-state index is -0.713. The third-order valence-electron chi connectivity index (χ3n) is 2.76. The third kappa shape index (κ3) is 5.46. The van der Waals surface area contributed by atoms with Gasteiger partial charge in [0.2, 0.25) is 0 Å². The van der Waals surface area contributed by atoms with Gasteiger partial charge in [0, 0.05) is 47.2 Å². The van der Waals surface area contributed by atoms with Gasteiger partial charge in [0.05, 0.1) is 6.20 Å². The SMILES string of the molecule is CCCn1cc(CNCCC(C)S(C)=O)cn1. The lowest BCUT2D eigenvalue weighted by molar-refractivity contribution is 0.600. The number of aromatic nitrogens is 2. The fourth-order valence-corrected chi connectivity index (χ4v) is 2.00. The average Bonchev–Trinajstić information content (AvgIpc) is 2.72. The molecule has 0 saturated carbocycles. The van der Waals surface area contributed by atoms with Crippen LogP contribution in [0.2, 0.25) is 0 Å². The van der Waals surface area contributed by atoms with Gasteiger partial charge in [0.1, 0.15) is 0 Å². The molecule has 0 amide bonds. The van der Waals surface area contributed by atoms with Gasteiger partial charge in [-0.15, -0.1) is 0 Å². The van der Waals surface area contributed by atoms with Crippen molar-refractivity contribution < 1.29 is 4.21 Å². The Morgan fingerprint density at radius 2 is 2.35 bits per heavy atom. The largest absolute Gasteiger partial charge is 0.313 e. The summed E-state index contributed by atoms with van der Waals surface area (Å²) in [5.74, 6) is 0. The Morgan fingerprint density at radius 1 is 1.59 bits per heavy atom. The highest BCUT2D eigenvalue weighted by Crippen LogP contribution is 2.00. The minimum absolute atomic E-state index is 0.269. The number of hydrogen-bond donors (Lipinski definition) is 1. The first-order valence-corrected chi connectivity index (χ1v) is 7.80. The molecule has 0 aliphatic heterocycles. The molecule has 2 atom stereocenters. The zero-order chi connectivity index (χ0) is 12.7. The van der Waals surface area contributed by atoms with E-state index >= 15 is 0 Å². The van der Waals surface area contributed by atoms with Crippen LogP contribution in [0.1, 0.15) is 32.3 Å². The molecule has 0 saturated heterocycles. The quantitative estimate of drug-likeness (QED) is 0.719. The van der Waals surface area contributed by atoms with Gasteiger partial charge in [-0.05, 0) is 19.4 Å². The molecule has 98 valence electrons. The Bertz CT molecular complexity index is 351. The van der Waals surface area contributed by atoms with E-state index in [1.165, 1.54) is 5.56 Å². The zero-order valence-electron chi connectivity index (χ0n) is 11.0. The van der Waals surface area contributed by atoms with Crippen LogP contribution in [0.25, 0.3) is 0 Å². The van der Waals surface area contributed by atoms with E-state index in [0.717, 1.165) is 32.5 Å². The van der Waals surface area contributed by atoms with Crippen molar-refractivity contribution in [3.05, 3.63) is 18.0 Å². The summed E-state index contributed by atoms with van der Waals surface area (Å²) in [5.41, 5.74) is 1.21. The topological polar surface area (TPSA) is 46.9 Å². The fraction of sp³-hybridized carbons (Fsp3) is 0.750. The molecular formula is C12H23N3OS. The molecule has 1 aromatic heterocycles. The molecule has 0 bridgehead atoms. The molecule has 0 aliphatic rings. The van der Waals surface area contributed by atoms with Crippen molar-refractivity contribution in [1.29, 1.82) is 0 Å². The van der Waals surface area contributed by atoms with Crippen molar-refractivity contribution in [1.82, 2.24) is 15.1 Å². The maximum absolute atomic E-state index is 11.2. The van der Waals surface area contributed by atoms with Crippen molar-refractivity contribution in [2.75, 3.05) is 12.8 Å². The Morgan fingerprint density at radius 3 is 3.00 bits per heavy atom. The maximum atomic E-state index is 11.2. The first-order valence-electron chi connectivity index (χ1n) is 6.17. The Balaban J connectivity index is 2.19. The van der Waals surface area contributed by atoms with Crippen LogP contribution in [0.3, 0.4) is 0 Å². The molecule has 1 aromatic rings. The number of hydrogen-bond acceptors (Lipinski definition) is 3. The number of nitrogens with one attached hydrogen (secondary N) is 1. The van der Waals surface area contributed by atoms with Gasteiger partial charge < -0.3 is 5.32 Å². The molecule has 17 heavy (non-hydrogen) atoms. The summed E-state index contributed by atoms with van der Waals surface area (Å²) >= 11 is 0. The highest BCUT2D eigenvalue weighted by atomic mass is 32.2. The summed E-state index contributed by atoms with van der Waals surface area (Å²) in [4.78, 5) is 0. The van der Waals surface area contributed by atoms with Crippen LogP contribution in [-0.2, 0) is 23.9 Å². The lowest BCUT2D eigenvalue weighted by Crippen LogP contribution is -2.20. The normalized spacial score (nSPS) is 14.8. The predicted octanol–water partition coefficient (Wildman–Crippen LogP) is 1.54. The summed E-state index contributed by atoms with van der Waals surface area (Å²) in [7, 11) is -0.713. The van der Waals surface area contributed by atoms with Crippen LogP contribution in [0.15, 0.2) is 12.4 Å². The van der Waals surface area contributed by atoms with E-state index in [9.17, 15) is 4.21 Å². The van der Waals surface area contributed by atoms with Gasteiger partial charge in [0.15, 0.2) is 0 Å². The summed E-state index contributed by atoms with van der Waals surface area (Å²) < 4.78 is 13.1. The van der Waals surface area contributed by atoms with E-state index in [1.807, 2.05) is 17.8 Å². The van der Waals surface area contributed by atoms with Crippen LogP contribution in [0.4, 0.5) is 0 Å². The van der Waals surface area contributed by atoms with Crippen molar-refractivity contribution >= 4 is 10.8 Å². The third-order valence-corrected chi connectivity index (χ3v) is 4.13. The Kier molecular flexibility index (Phi) is 6.44. The van der Waals surface area contributed by atoms with E-state index in [2.05, 4.69) is 23.5 Å². The van der Waals surface area contributed by atoms with Gasteiger partial charge >= 0.3 is 0 Å². The Labute approximate surface area is 106 Å². The average molecular weight is 257 g/mol. The number of nitrogens with zero attached hydrogens (tertiary/aromatic N) is 2. The molecule has 1 rings (SSSR count). The monoisotopic (exact) mass is 257 g/mol. The molecule has 1 heterocycles. The van der Waals surface area contributed by atoms with Gasteiger partial charge in [-0.2, -0.15) is 5.10 Å². The van der Waals surface area contributed by atoms with E-state index < -0.39 is 10.8 Å². The van der Waals surface area contributed by atoms with Gasteiger partial charge in [-0.1, -0.05) is 13.8 Å². The summed E-state index contributed by atoms with van der Waals surface area (Å²) in [6.45, 7) is 6.89. The zero-order valence-corrected chi connectivity index (χ0v) is 11.8. The summed E-state index contributed by atoms with van der Waals surface area (Å²) in [6.07, 6.45) is 7.81. The molecule has 1 N–H and O–H groups in total. The molecule has 5 heteroatoms. The second-order valence-electron chi connectivity index (χ2n) is 4.39. The molecule has 0 aromatic carbocycles. The second-order valence-corrected chi connectivity index (χ2v) is 6.19. The van der Waals surface area contributed by atoms with E-state index in [1.54, 1.807) is 6.26 Å². The van der Waals surface area contributed by atoms with Crippen LogP contribution in [-0.4, -0.2) is 32.0 Å². The van der Waals surface area contributed by atoms with Crippen molar-refractivity contribution in [3.63, 3.8) is 0 Å². The molecule has 4 nitrogen and oxygen atoms in total. The molecule has 0 spiro atoms. The lowest BCUT2D eigenvalue weighted by Gasteiger charge is -2.08. The van der Waals surface area contributed by atoms with E-state index in [-0.39, 0.29) is 5.25 Å². The Hall–Kier alpha value is -0.680. The highest BCUT2D eigenvalue weighted by Gasteiger charge is 2.05. The molecular weight excluding hydrogens is 234 g/mol. The van der Waals surface area contributed by atoms with Crippen LogP contribution < -0.4 is 5.32 Å². The highest BCUT2D eigenvalue weighted by molar-refractivity contribution is 7.84. The molecule has 2 unspecified atom stereocenters. The fourth-order valence-electron chi connectivity index (χ4n) is 1.55. The summed E-state index contributed by atoms with van der Waals surface area (Å²) in [5, 5.41) is 7.90. The first kappa shape index (κ1) is 14.4.